The lowest BCUT2D eigenvalue weighted by Crippen LogP contribution is -2.52. The number of H-pyrrole nitrogens is 1. The summed E-state index contributed by atoms with van der Waals surface area (Å²) in [6.07, 6.45) is 6.35. The van der Waals surface area contributed by atoms with Crippen LogP contribution in [0.15, 0.2) is 37.1 Å². The monoisotopic (exact) mass is 369 g/mol. The van der Waals surface area contributed by atoms with Gasteiger partial charge in [0.25, 0.3) is 0 Å². The van der Waals surface area contributed by atoms with Gasteiger partial charge in [0.1, 0.15) is 0 Å². The normalized spacial score (nSPS) is 24.9. The predicted octanol–water partition coefficient (Wildman–Crippen LogP) is 2.28. The van der Waals surface area contributed by atoms with E-state index >= 15 is 0 Å². The number of nitrogens with one attached hydrogen (secondary N) is 4. The number of piperidine rings is 1. The van der Waals surface area contributed by atoms with Gasteiger partial charge in [0, 0.05) is 48.7 Å². The van der Waals surface area contributed by atoms with Crippen molar-refractivity contribution in [2.24, 2.45) is 5.92 Å². The van der Waals surface area contributed by atoms with Gasteiger partial charge in [-0.25, -0.2) is 5.43 Å². The Morgan fingerprint density at radius 3 is 3.19 bits per heavy atom. The van der Waals surface area contributed by atoms with Gasteiger partial charge < -0.3 is 15.2 Å². The number of fused-ring (bicyclic) bond motifs is 2. The van der Waals surface area contributed by atoms with Gasteiger partial charge in [0.2, 0.25) is 0 Å². The Morgan fingerprint density at radius 2 is 2.35 bits per heavy atom. The van der Waals surface area contributed by atoms with Crippen LogP contribution in [-0.4, -0.2) is 47.7 Å². The summed E-state index contributed by atoms with van der Waals surface area (Å²) < 4.78 is 0. The van der Waals surface area contributed by atoms with E-state index in [-0.39, 0.29) is 0 Å². The molecule has 4 N–H and O–H groups in total. The van der Waals surface area contributed by atoms with E-state index in [0.29, 0.717) is 29.5 Å². The zero-order valence-electron chi connectivity index (χ0n) is 15.2. The number of hydrazine groups is 1. The van der Waals surface area contributed by atoms with Crippen LogP contribution >= 0.6 is 12.2 Å². The highest BCUT2D eigenvalue weighted by atomic mass is 32.1. The molecule has 1 fully saturated rings. The summed E-state index contributed by atoms with van der Waals surface area (Å²) in [5.74, 6) is 1.19. The van der Waals surface area contributed by atoms with Crippen LogP contribution in [0.5, 0.6) is 0 Å². The van der Waals surface area contributed by atoms with Crippen molar-refractivity contribution < 1.29 is 0 Å². The molecule has 1 saturated heterocycles. The van der Waals surface area contributed by atoms with E-state index in [0.717, 1.165) is 19.5 Å². The molecule has 0 bridgehead atoms. The van der Waals surface area contributed by atoms with E-state index < -0.39 is 0 Å². The van der Waals surface area contributed by atoms with Gasteiger partial charge in [-0.1, -0.05) is 18.2 Å². The van der Waals surface area contributed by atoms with E-state index in [9.17, 15) is 0 Å². The molecular weight excluding hydrogens is 342 g/mol. The Balaban J connectivity index is 1.44. The molecule has 26 heavy (non-hydrogen) atoms. The van der Waals surface area contributed by atoms with Crippen molar-refractivity contribution >= 4 is 28.2 Å². The molecule has 0 saturated carbocycles. The highest BCUT2D eigenvalue weighted by Gasteiger charge is 2.39. The molecule has 5 nitrogen and oxygen atoms in total. The molecule has 1 aromatic heterocycles. The average molecular weight is 370 g/mol. The molecule has 2 aromatic rings. The third kappa shape index (κ3) is 3.24. The van der Waals surface area contributed by atoms with Crippen LogP contribution in [0.3, 0.4) is 0 Å². The second-order valence-corrected chi connectivity index (χ2v) is 7.92. The zero-order valence-corrected chi connectivity index (χ0v) is 16.0. The third-order valence-electron chi connectivity index (χ3n) is 5.81. The van der Waals surface area contributed by atoms with Gasteiger partial charge in [0.15, 0.2) is 5.11 Å². The lowest BCUT2D eigenvalue weighted by molar-refractivity contribution is 0.110. The minimum atomic E-state index is 0.590. The van der Waals surface area contributed by atoms with Gasteiger partial charge in [0.05, 0.1) is 0 Å². The molecule has 2 heterocycles. The average Bonchev–Trinajstić information content (AvgIpc) is 3.05. The Labute approximate surface area is 160 Å². The van der Waals surface area contributed by atoms with Gasteiger partial charge in [-0.15, -0.1) is 6.58 Å². The maximum Gasteiger partial charge on any atom is 0.181 e. The van der Waals surface area contributed by atoms with Crippen LogP contribution in [-0.2, 0) is 6.42 Å². The van der Waals surface area contributed by atoms with E-state index in [1.165, 1.54) is 28.5 Å². The number of benzene rings is 1. The molecule has 1 aromatic carbocycles. The molecule has 0 radical (unpaired) electrons. The molecule has 0 spiro atoms. The highest BCUT2D eigenvalue weighted by molar-refractivity contribution is 7.80. The summed E-state index contributed by atoms with van der Waals surface area (Å²) in [5, 5.41) is 5.15. The largest absolute Gasteiger partial charge is 0.361 e. The Bertz CT molecular complexity index is 814. The van der Waals surface area contributed by atoms with Crippen molar-refractivity contribution in [2.75, 3.05) is 26.7 Å². The molecule has 1 aliphatic heterocycles. The number of rotatable bonds is 5. The van der Waals surface area contributed by atoms with Gasteiger partial charge in [-0.2, -0.15) is 0 Å². The molecule has 4 rings (SSSR count). The first-order chi connectivity index (χ1) is 12.7. The first-order valence-electron chi connectivity index (χ1n) is 9.34. The van der Waals surface area contributed by atoms with Crippen molar-refractivity contribution in [3.8, 4) is 0 Å². The molecule has 1 aliphatic carbocycles. The molecule has 138 valence electrons. The molecule has 0 unspecified atom stereocenters. The van der Waals surface area contributed by atoms with Crippen LogP contribution in [0.2, 0.25) is 0 Å². The number of hydrogen-bond acceptors (Lipinski definition) is 3. The summed E-state index contributed by atoms with van der Waals surface area (Å²) in [7, 11) is 2.27. The zero-order chi connectivity index (χ0) is 18.1. The van der Waals surface area contributed by atoms with Crippen LogP contribution in [0.1, 0.15) is 23.5 Å². The van der Waals surface area contributed by atoms with E-state index in [1.807, 2.05) is 0 Å². The third-order valence-corrected chi connectivity index (χ3v) is 6.06. The van der Waals surface area contributed by atoms with E-state index in [2.05, 4.69) is 64.1 Å². The van der Waals surface area contributed by atoms with E-state index in [4.69, 9.17) is 12.2 Å². The molecular formula is C20H27N5S. The minimum absolute atomic E-state index is 0.590. The Kier molecular flexibility index (Phi) is 4.98. The first kappa shape index (κ1) is 17.5. The standard InChI is InChI=1S/C20H27N5S/c1-3-7-21-20(26)24-23-10-13-8-16-15-5-4-6-17-19(15)14(11-22-17)9-18(16)25(2)12-13/h3-6,11,13,16,18,22-23H,1,7-10,12H2,2H3,(H2,21,24,26)/t13-,16+,18+/m0/s1. The molecule has 3 atom stereocenters. The number of nitrogens with zero attached hydrogens (tertiary/aromatic N) is 1. The van der Waals surface area contributed by atoms with Crippen LogP contribution in [0, 0.1) is 5.92 Å². The number of hydrogen-bond donors (Lipinski definition) is 4. The van der Waals surface area contributed by atoms with Crippen molar-refractivity contribution in [1.29, 1.82) is 0 Å². The summed E-state index contributed by atoms with van der Waals surface area (Å²) in [4.78, 5) is 6.00. The van der Waals surface area contributed by atoms with Crippen molar-refractivity contribution in [2.45, 2.75) is 24.8 Å². The lowest BCUT2D eigenvalue weighted by atomic mass is 9.72. The van der Waals surface area contributed by atoms with E-state index in [1.54, 1.807) is 6.08 Å². The number of thiocarbonyl (C=S) groups is 1. The Hall–Kier alpha value is -1.89. The summed E-state index contributed by atoms with van der Waals surface area (Å²) in [5.41, 5.74) is 10.6. The maximum atomic E-state index is 5.23. The number of aromatic nitrogens is 1. The summed E-state index contributed by atoms with van der Waals surface area (Å²) in [6.45, 7) is 6.37. The number of aromatic amines is 1. The SMILES string of the molecule is C=CCNC(=S)NNC[C@@H]1C[C@@H]2c3cccc4[nH]cc(c34)C[C@H]2N(C)C1. The summed E-state index contributed by atoms with van der Waals surface area (Å²) >= 11 is 5.23. The predicted molar refractivity (Wildman–Crippen MR) is 111 cm³/mol. The topological polar surface area (TPSA) is 55.1 Å². The Morgan fingerprint density at radius 1 is 1.46 bits per heavy atom. The van der Waals surface area contributed by atoms with Gasteiger partial charge in [-0.3, -0.25) is 5.43 Å². The van der Waals surface area contributed by atoms with Gasteiger partial charge >= 0.3 is 0 Å². The fraction of sp³-hybridized carbons (Fsp3) is 0.450. The molecule has 0 amide bonds. The highest BCUT2D eigenvalue weighted by Crippen LogP contribution is 2.44. The fourth-order valence-electron chi connectivity index (χ4n) is 4.69. The van der Waals surface area contributed by atoms with Crippen LogP contribution in [0.25, 0.3) is 10.9 Å². The smallest absolute Gasteiger partial charge is 0.181 e. The second-order valence-electron chi connectivity index (χ2n) is 7.51. The molecule has 2 aliphatic rings. The quantitative estimate of drug-likeness (QED) is 0.370. The minimum Gasteiger partial charge on any atom is -0.361 e. The van der Waals surface area contributed by atoms with Crippen LogP contribution < -0.4 is 16.2 Å². The van der Waals surface area contributed by atoms with Gasteiger partial charge in [-0.05, 0) is 55.2 Å². The maximum absolute atomic E-state index is 5.23. The summed E-state index contributed by atoms with van der Waals surface area (Å²) in [6, 6.07) is 7.30. The number of likely N-dealkylation sites (N-methyl/N-ethyl adjacent to an activating group) is 1. The number of likely N-dealkylation sites (tertiary alicyclic amines) is 1. The first-order valence-corrected chi connectivity index (χ1v) is 9.75. The van der Waals surface area contributed by atoms with Crippen LogP contribution in [0.4, 0.5) is 0 Å². The van der Waals surface area contributed by atoms with Crippen molar-refractivity contribution in [3.05, 3.63) is 48.2 Å². The molecule has 6 heteroatoms. The lowest BCUT2D eigenvalue weighted by Gasteiger charge is -2.45. The fourth-order valence-corrected chi connectivity index (χ4v) is 4.84. The van der Waals surface area contributed by atoms with Crippen molar-refractivity contribution in [3.63, 3.8) is 0 Å². The van der Waals surface area contributed by atoms with Crippen molar-refractivity contribution in [1.82, 2.24) is 26.1 Å². The second kappa shape index (κ2) is 7.39.